The molecule has 0 fully saturated rings. The zero-order valence-corrected chi connectivity index (χ0v) is 10.0. The molecule has 0 aliphatic rings. The van der Waals surface area contributed by atoms with E-state index in [4.69, 9.17) is 22.4 Å². The SMILES string of the molecule is CC(CO)N(C)C(=O)c1ccc(N)c(Cl)c1. The van der Waals surface area contributed by atoms with Crippen LogP contribution in [0.25, 0.3) is 0 Å². The van der Waals surface area contributed by atoms with E-state index in [1.807, 2.05) is 0 Å². The largest absolute Gasteiger partial charge is 0.398 e. The van der Waals surface area contributed by atoms with Crippen LogP contribution in [0, 0.1) is 0 Å². The molecule has 88 valence electrons. The summed E-state index contributed by atoms with van der Waals surface area (Å²) in [5.41, 5.74) is 6.46. The number of aliphatic hydroxyl groups is 1. The van der Waals surface area contributed by atoms with Gasteiger partial charge in [0, 0.05) is 12.6 Å². The van der Waals surface area contributed by atoms with Crippen molar-refractivity contribution in [3.63, 3.8) is 0 Å². The summed E-state index contributed by atoms with van der Waals surface area (Å²) in [6.45, 7) is 1.68. The van der Waals surface area contributed by atoms with Crippen LogP contribution in [0.5, 0.6) is 0 Å². The maximum absolute atomic E-state index is 11.9. The molecule has 5 heteroatoms. The summed E-state index contributed by atoms with van der Waals surface area (Å²) < 4.78 is 0. The van der Waals surface area contributed by atoms with Gasteiger partial charge in [0.05, 0.1) is 23.4 Å². The Labute approximate surface area is 99.6 Å². The lowest BCUT2D eigenvalue weighted by atomic mass is 10.1. The number of carbonyl (C=O) groups is 1. The highest BCUT2D eigenvalue weighted by atomic mass is 35.5. The van der Waals surface area contributed by atoms with Crippen LogP contribution < -0.4 is 5.73 Å². The van der Waals surface area contributed by atoms with Crippen LogP contribution in [0.3, 0.4) is 0 Å². The van der Waals surface area contributed by atoms with Crippen molar-refractivity contribution < 1.29 is 9.90 Å². The fourth-order valence-electron chi connectivity index (χ4n) is 1.19. The molecule has 1 unspecified atom stereocenters. The van der Waals surface area contributed by atoms with Gasteiger partial charge in [0.1, 0.15) is 0 Å². The third kappa shape index (κ3) is 2.65. The van der Waals surface area contributed by atoms with Crippen LogP contribution in [-0.4, -0.2) is 35.6 Å². The summed E-state index contributed by atoms with van der Waals surface area (Å²) >= 11 is 5.83. The Morgan fingerprint density at radius 1 is 1.62 bits per heavy atom. The Morgan fingerprint density at radius 2 is 2.25 bits per heavy atom. The van der Waals surface area contributed by atoms with E-state index >= 15 is 0 Å². The molecule has 0 aliphatic carbocycles. The molecule has 16 heavy (non-hydrogen) atoms. The highest BCUT2D eigenvalue weighted by molar-refractivity contribution is 6.33. The molecule has 0 aliphatic heterocycles. The van der Waals surface area contributed by atoms with E-state index in [-0.39, 0.29) is 18.6 Å². The number of rotatable bonds is 3. The second kappa shape index (κ2) is 5.18. The Kier molecular flexibility index (Phi) is 4.15. The lowest BCUT2D eigenvalue weighted by Gasteiger charge is -2.23. The molecule has 1 amide bonds. The van der Waals surface area contributed by atoms with Gasteiger partial charge < -0.3 is 15.7 Å². The molecule has 1 aromatic carbocycles. The third-order valence-corrected chi connectivity index (χ3v) is 2.82. The lowest BCUT2D eigenvalue weighted by Crippen LogP contribution is -2.37. The first-order valence-electron chi connectivity index (χ1n) is 4.90. The molecule has 4 nitrogen and oxygen atoms in total. The number of amides is 1. The fraction of sp³-hybridized carbons (Fsp3) is 0.364. The molecule has 3 N–H and O–H groups in total. The van der Waals surface area contributed by atoms with E-state index in [9.17, 15) is 4.79 Å². The van der Waals surface area contributed by atoms with Crippen molar-refractivity contribution in [2.45, 2.75) is 13.0 Å². The topological polar surface area (TPSA) is 66.6 Å². The standard InChI is InChI=1S/C11H15ClN2O2/c1-7(6-15)14(2)11(16)8-3-4-10(13)9(12)5-8/h3-5,7,15H,6,13H2,1-2H3. The zero-order valence-electron chi connectivity index (χ0n) is 9.27. The van der Waals surface area contributed by atoms with Crippen molar-refractivity contribution in [2.75, 3.05) is 19.4 Å². The normalized spacial score (nSPS) is 12.2. The van der Waals surface area contributed by atoms with Crippen molar-refractivity contribution in [2.24, 2.45) is 0 Å². The van der Waals surface area contributed by atoms with E-state index in [0.29, 0.717) is 16.3 Å². The van der Waals surface area contributed by atoms with Gasteiger partial charge in [-0.25, -0.2) is 0 Å². The smallest absolute Gasteiger partial charge is 0.253 e. The first kappa shape index (κ1) is 12.8. The minimum Gasteiger partial charge on any atom is -0.398 e. The number of benzene rings is 1. The quantitative estimate of drug-likeness (QED) is 0.787. The average molecular weight is 243 g/mol. The number of likely N-dealkylation sites (N-methyl/N-ethyl adjacent to an activating group) is 1. The highest BCUT2D eigenvalue weighted by Crippen LogP contribution is 2.20. The van der Waals surface area contributed by atoms with Gasteiger partial charge in [0.25, 0.3) is 5.91 Å². The van der Waals surface area contributed by atoms with Crippen LogP contribution in [0.4, 0.5) is 5.69 Å². The number of aliphatic hydroxyl groups excluding tert-OH is 1. The molecular weight excluding hydrogens is 228 g/mol. The maximum atomic E-state index is 11.9. The second-order valence-corrected chi connectivity index (χ2v) is 4.09. The van der Waals surface area contributed by atoms with Gasteiger partial charge in [-0.2, -0.15) is 0 Å². The van der Waals surface area contributed by atoms with Crippen LogP contribution >= 0.6 is 11.6 Å². The maximum Gasteiger partial charge on any atom is 0.253 e. The molecule has 1 aromatic rings. The predicted molar refractivity (Wildman–Crippen MR) is 64.5 cm³/mol. The third-order valence-electron chi connectivity index (χ3n) is 2.49. The van der Waals surface area contributed by atoms with Gasteiger partial charge in [0.2, 0.25) is 0 Å². The predicted octanol–water partition coefficient (Wildman–Crippen LogP) is 1.38. The number of hydrogen-bond acceptors (Lipinski definition) is 3. The Balaban J connectivity index is 2.92. The summed E-state index contributed by atoms with van der Waals surface area (Å²) in [7, 11) is 1.63. The minimum atomic E-state index is -0.233. The van der Waals surface area contributed by atoms with Gasteiger partial charge >= 0.3 is 0 Å². The Bertz CT molecular complexity index is 396. The molecule has 0 bridgehead atoms. The first-order valence-corrected chi connectivity index (χ1v) is 5.28. The number of anilines is 1. The number of hydrogen-bond donors (Lipinski definition) is 2. The molecule has 0 heterocycles. The zero-order chi connectivity index (χ0) is 12.3. The Hall–Kier alpha value is -1.26. The van der Waals surface area contributed by atoms with Gasteiger partial charge in [-0.1, -0.05) is 11.6 Å². The second-order valence-electron chi connectivity index (χ2n) is 3.68. The van der Waals surface area contributed by atoms with E-state index in [1.54, 1.807) is 26.1 Å². The summed E-state index contributed by atoms with van der Waals surface area (Å²) in [5, 5.41) is 9.32. The van der Waals surface area contributed by atoms with E-state index in [0.717, 1.165) is 0 Å². The van der Waals surface area contributed by atoms with Gasteiger partial charge in [-0.05, 0) is 25.1 Å². The van der Waals surface area contributed by atoms with Crippen LogP contribution in [0.1, 0.15) is 17.3 Å². The molecule has 0 radical (unpaired) electrons. The summed E-state index contributed by atoms with van der Waals surface area (Å²) in [6, 6.07) is 4.50. The number of carbonyl (C=O) groups excluding carboxylic acids is 1. The first-order chi connectivity index (χ1) is 7.47. The number of halogens is 1. The summed E-state index contributed by atoms with van der Waals surface area (Å²) in [5.74, 6) is -0.191. The van der Waals surface area contributed by atoms with Crippen molar-refractivity contribution in [1.29, 1.82) is 0 Å². The Morgan fingerprint density at radius 3 is 2.75 bits per heavy atom. The fourth-order valence-corrected chi connectivity index (χ4v) is 1.37. The number of nitrogen functional groups attached to an aromatic ring is 1. The average Bonchev–Trinajstić information content (AvgIpc) is 2.29. The van der Waals surface area contributed by atoms with Crippen molar-refractivity contribution in [1.82, 2.24) is 4.90 Å². The summed E-state index contributed by atoms with van der Waals surface area (Å²) in [4.78, 5) is 13.4. The molecule has 0 spiro atoms. The van der Waals surface area contributed by atoms with Crippen molar-refractivity contribution in [3.8, 4) is 0 Å². The number of nitrogens with zero attached hydrogens (tertiary/aromatic N) is 1. The van der Waals surface area contributed by atoms with E-state index in [1.165, 1.54) is 11.0 Å². The highest BCUT2D eigenvalue weighted by Gasteiger charge is 2.17. The van der Waals surface area contributed by atoms with E-state index < -0.39 is 0 Å². The summed E-state index contributed by atoms with van der Waals surface area (Å²) in [6.07, 6.45) is 0. The van der Waals surface area contributed by atoms with Crippen molar-refractivity contribution in [3.05, 3.63) is 28.8 Å². The molecule has 0 saturated heterocycles. The van der Waals surface area contributed by atoms with Crippen LogP contribution in [-0.2, 0) is 0 Å². The van der Waals surface area contributed by atoms with Crippen LogP contribution in [0.2, 0.25) is 5.02 Å². The van der Waals surface area contributed by atoms with Crippen LogP contribution in [0.15, 0.2) is 18.2 Å². The molecule has 0 saturated carbocycles. The minimum absolute atomic E-state index is 0.0784. The van der Waals surface area contributed by atoms with Gasteiger partial charge in [-0.15, -0.1) is 0 Å². The van der Waals surface area contributed by atoms with Crippen molar-refractivity contribution >= 4 is 23.2 Å². The monoisotopic (exact) mass is 242 g/mol. The van der Waals surface area contributed by atoms with E-state index in [2.05, 4.69) is 0 Å². The molecule has 1 atom stereocenters. The molecular formula is C11H15ClN2O2. The van der Waals surface area contributed by atoms with Gasteiger partial charge in [-0.3, -0.25) is 4.79 Å². The van der Waals surface area contributed by atoms with Gasteiger partial charge in [0.15, 0.2) is 0 Å². The lowest BCUT2D eigenvalue weighted by molar-refractivity contribution is 0.0682. The molecule has 1 rings (SSSR count). The number of nitrogens with two attached hydrogens (primary N) is 1. The molecule has 0 aromatic heterocycles.